The molecule has 5 rings (SSSR count). The topological polar surface area (TPSA) is 74.2 Å². The molecule has 1 unspecified atom stereocenters. The average Bonchev–Trinajstić information content (AvgIpc) is 3.38. The number of aromatic nitrogens is 3. The molecule has 4 aromatic rings. The van der Waals surface area contributed by atoms with Gasteiger partial charge in [0.05, 0.1) is 23.5 Å². The summed E-state index contributed by atoms with van der Waals surface area (Å²) in [6.45, 7) is 3.32. The fourth-order valence-corrected chi connectivity index (χ4v) is 4.81. The van der Waals surface area contributed by atoms with Gasteiger partial charge in [0.2, 0.25) is 0 Å². The molecule has 1 aliphatic heterocycles. The van der Waals surface area contributed by atoms with E-state index in [2.05, 4.69) is 10.1 Å². The van der Waals surface area contributed by atoms with Crippen molar-refractivity contribution in [3.05, 3.63) is 82.8 Å². The Balaban J connectivity index is 1.65. The first-order chi connectivity index (χ1) is 16.1. The summed E-state index contributed by atoms with van der Waals surface area (Å²) in [7, 11) is 0. The number of hydrogen-bond donors (Lipinski definition) is 2. The van der Waals surface area contributed by atoms with Crippen LogP contribution in [0.2, 0.25) is 0 Å². The molecule has 6 nitrogen and oxygen atoms in total. The summed E-state index contributed by atoms with van der Waals surface area (Å²) in [5.41, 5.74) is 0.661. The maximum atomic E-state index is 15.6. The lowest BCUT2D eigenvalue weighted by Gasteiger charge is -2.38. The molecule has 0 amide bonds. The minimum atomic E-state index is -1.57. The highest BCUT2D eigenvalue weighted by Gasteiger charge is 2.37. The van der Waals surface area contributed by atoms with Crippen molar-refractivity contribution in [2.45, 2.75) is 32.0 Å². The number of H-pyrrole nitrogens is 1. The maximum Gasteiger partial charge on any atom is 0.338 e. The number of carboxylic acids is 1. The number of aromatic carboxylic acids is 1. The van der Waals surface area contributed by atoms with Gasteiger partial charge >= 0.3 is 5.97 Å². The normalized spacial score (nSPS) is 16.7. The third-order valence-corrected chi connectivity index (χ3v) is 6.14. The molecule has 0 fully saturated rings. The quantitative estimate of drug-likeness (QED) is 0.431. The smallest absolute Gasteiger partial charge is 0.338 e. The van der Waals surface area contributed by atoms with E-state index in [1.54, 1.807) is 4.90 Å². The van der Waals surface area contributed by atoms with Crippen LogP contribution in [0.4, 0.5) is 13.2 Å². The van der Waals surface area contributed by atoms with Gasteiger partial charge in [0.25, 0.3) is 0 Å². The van der Waals surface area contributed by atoms with E-state index in [4.69, 9.17) is 5.11 Å². The molecule has 9 heteroatoms. The molecule has 0 spiro atoms. The number of fused-ring (bicyclic) bond motifs is 3. The lowest BCUT2D eigenvalue weighted by molar-refractivity contribution is 0.0696. The van der Waals surface area contributed by atoms with Crippen LogP contribution in [-0.2, 0) is 6.42 Å². The highest BCUT2D eigenvalue weighted by Crippen LogP contribution is 2.41. The van der Waals surface area contributed by atoms with Crippen molar-refractivity contribution >= 4 is 16.9 Å². The molecule has 0 bridgehead atoms. The maximum absolute atomic E-state index is 15.6. The molecule has 2 aromatic carbocycles. The number of aromatic amines is 1. The number of para-hydroxylation sites is 1. The predicted molar refractivity (Wildman–Crippen MR) is 121 cm³/mol. The fraction of sp³-hybridized carbons (Fsp3) is 0.280. The van der Waals surface area contributed by atoms with Crippen LogP contribution in [0.3, 0.4) is 0 Å². The zero-order valence-corrected chi connectivity index (χ0v) is 18.6. The Bertz CT molecular complexity index is 1380. The second-order valence-electron chi connectivity index (χ2n) is 9.21. The van der Waals surface area contributed by atoms with Gasteiger partial charge in [0.1, 0.15) is 17.3 Å². The van der Waals surface area contributed by atoms with E-state index in [-0.39, 0.29) is 23.4 Å². The molecule has 1 atom stereocenters. The van der Waals surface area contributed by atoms with Crippen LogP contribution in [0.25, 0.3) is 16.6 Å². The number of halogens is 3. The fourth-order valence-electron chi connectivity index (χ4n) is 4.81. The largest absolute Gasteiger partial charge is 0.478 e. The van der Waals surface area contributed by atoms with E-state index in [0.29, 0.717) is 18.7 Å². The Morgan fingerprint density at radius 3 is 2.59 bits per heavy atom. The second kappa shape index (κ2) is 8.02. The molecule has 0 saturated carbocycles. The minimum absolute atomic E-state index is 0.00572. The van der Waals surface area contributed by atoms with Crippen LogP contribution in [0, 0.1) is 11.6 Å². The molecule has 3 heterocycles. The predicted octanol–water partition coefficient (Wildman–Crippen LogP) is 5.03. The lowest BCUT2D eigenvalue weighted by Crippen LogP contribution is -2.43. The van der Waals surface area contributed by atoms with Crippen LogP contribution in [-0.4, -0.2) is 49.5 Å². The van der Waals surface area contributed by atoms with Gasteiger partial charge in [-0.05, 0) is 31.9 Å². The van der Waals surface area contributed by atoms with Crippen LogP contribution in [0.15, 0.2) is 48.8 Å². The number of hydrogen-bond acceptors (Lipinski definition) is 3. The molecular formula is C25H23F3N4O2. The number of benzene rings is 2. The first-order valence-electron chi connectivity index (χ1n) is 10.9. The Morgan fingerprint density at radius 2 is 1.94 bits per heavy atom. The number of nitrogens with one attached hydrogen (secondary N) is 1. The molecule has 0 saturated heterocycles. The van der Waals surface area contributed by atoms with Gasteiger partial charge in [-0.15, -0.1) is 0 Å². The van der Waals surface area contributed by atoms with Crippen molar-refractivity contribution in [2.24, 2.45) is 0 Å². The van der Waals surface area contributed by atoms with Gasteiger partial charge in [0, 0.05) is 53.6 Å². The van der Waals surface area contributed by atoms with Gasteiger partial charge in [0.15, 0.2) is 0 Å². The summed E-state index contributed by atoms with van der Waals surface area (Å²) in [6, 6.07) is 9.04. The van der Waals surface area contributed by atoms with Gasteiger partial charge in [-0.1, -0.05) is 18.2 Å². The number of carboxylic acid groups (broad SMARTS) is 1. The van der Waals surface area contributed by atoms with Crippen LogP contribution in [0.5, 0.6) is 0 Å². The zero-order chi connectivity index (χ0) is 24.2. The Morgan fingerprint density at radius 1 is 1.24 bits per heavy atom. The van der Waals surface area contributed by atoms with Gasteiger partial charge in [-0.25, -0.2) is 22.6 Å². The summed E-state index contributed by atoms with van der Waals surface area (Å²) in [5, 5.41) is 14.0. The van der Waals surface area contributed by atoms with Gasteiger partial charge < -0.3 is 10.1 Å². The Hall–Kier alpha value is -3.59. The molecule has 176 valence electrons. The minimum Gasteiger partial charge on any atom is -0.478 e. The molecule has 0 aliphatic carbocycles. The highest BCUT2D eigenvalue weighted by molar-refractivity contribution is 5.87. The van der Waals surface area contributed by atoms with Crippen molar-refractivity contribution in [2.75, 3.05) is 13.1 Å². The summed E-state index contributed by atoms with van der Waals surface area (Å²) in [5.74, 6) is -2.83. The molecule has 2 N–H and O–H groups in total. The Labute approximate surface area is 193 Å². The van der Waals surface area contributed by atoms with E-state index in [1.165, 1.54) is 20.0 Å². The van der Waals surface area contributed by atoms with Crippen molar-refractivity contribution in [1.29, 1.82) is 0 Å². The number of nitrogens with zero attached hydrogens (tertiary/aromatic N) is 3. The third-order valence-electron chi connectivity index (χ3n) is 6.14. The third kappa shape index (κ3) is 3.86. The first-order valence-corrected chi connectivity index (χ1v) is 10.9. The molecular weight excluding hydrogens is 445 g/mol. The summed E-state index contributed by atoms with van der Waals surface area (Å²) in [4.78, 5) is 16.2. The zero-order valence-electron chi connectivity index (χ0n) is 18.6. The summed E-state index contributed by atoms with van der Waals surface area (Å²) in [6.07, 6.45) is 2.91. The van der Waals surface area contributed by atoms with E-state index >= 15 is 8.78 Å². The number of rotatable bonds is 5. The molecule has 2 aromatic heterocycles. The highest BCUT2D eigenvalue weighted by atomic mass is 19.1. The van der Waals surface area contributed by atoms with Crippen LogP contribution in [0.1, 0.15) is 47.1 Å². The van der Waals surface area contributed by atoms with Crippen LogP contribution >= 0.6 is 0 Å². The Kier molecular flexibility index (Phi) is 5.24. The van der Waals surface area contributed by atoms with E-state index in [1.807, 2.05) is 24.3 Å². The monoisotopic (exact) mass is 468 g/mol. The molecule has 1 aliphatic rings. The summed E-state index contributed by atoms with van der Waals surface area (Å²) < 4.78 is 46.9. The first kappa shape index (κ1) is 22.2. The van der Waals surface area contributed by atoms with Crippen LogP contribution < -0.4 is 0 Å². The van der Waals surface area contributed by atoms with Gasteiger partial charge in [-0.3, -0.25) is 4.90 Å². The summed E-state index contributed by atoms with van der Waals surface area (Å²) >= 11 is 0. The number of alkyl halides is 1. The average molecular weight is 468 g/mol. The second-order valence-corrected chi connectivity index (χ2v) is 9.21. The number of carbonyl (C=O) groups is 1. The van der Waals surface area contributed by atoms with E-state index in [0.717, 1.165) is 39.5 Å². The standard InChI is InChI=1S/C25H23F3N4O2/c1-25(2,28)13-31-8-7-17-16-5-3-4-6-20(16)30-22(17)23(31)21-18(26)9-15(10-19(21)27)32-12-14(11-29-32)24(33)34/h3-6,9-12,23,30H,7-8,13H2,1-2H3,(H,33,34). The van der Waals surface area contributed by atoms with Crippen molar-refractivity contribution in [1.82, 2.24) is 19.7 Å². The van der Waals surface area contributed by atoms with Gasteiger partial charge in [-0.2, -0.15) is 5.10 Å². The lowest BCUT2D eigenvalue weighted by atomic mass is 9.90. The van der Waals surface area contributed by atoms with E-state index in [9.17, 15) is 9.18 Å². The van der Waals surface area contributed by atoms with Crippen molar-refractivity contribution < 1.29 is 23.1 Å². The molecule has 34 heavy (non-hydrogen) atoms. The van der Waals surface area contributed by atoms with E-state index < -0.39 is 29.3 Å². The molecule has 0 radical (unpaired) electrons. The SMILES string of the molecule is CC(C)(F)CN1CCc2c([nH]c3ccccc23)C1c1c(F)cc(-n2cc(C(=O)O)cn2)cc1F. The van der Waals surface area contributed by atoms with Crippen molar-refractivity contribution in [3.63, 3.8) is 0 Å². The van der Waals surface area contributed by atoms with Crippen molar-refractivity contribution in [3.8, 4) is 5.69 Å².